The summed E-state index contributed by atoms with van der Waals surface area (Å²) < 4.78 is 0. The van der Waals surface area contributed by atoms with Crippen molar-refractivity contribution in [3.8, 4) is 0 Å². The Hall–Kier alpha value is -0.0800. The molecule has 0 saturated heterocycles. The summed E-state index contributed by atoms with van der Waals surface area (Å²) in [5.74, 6) is 6.21. The average molecular weight is 377 g/mol. The van der Waals surface area contributed by atoms with Crippen LogP contribution in [-0.2, 0) is 0 Å². The van der Waals surface area contributed by atoms with E-state index in [9.17, 15) is 10.2 Å². The van der Waals surface area contributed by atoms with Gasteiger partial charge in [0.25, 0.3) is 0 Å². The molecule has 4 rings (SSSR count). The van der Waals surface area contributed by atoms with Gasteiger partial charge in [0.2, 0.25) is 0 Å². The van der Waals surface area contributed by atoms with E-state index in [1.807, 2.05) is 13.8 Å². The van der Waals surface area contributed by atoms with Crippen LogP contribution in [0.4, 0.5) is 0 Å². The summed E-state index contributed by atoms with van der Waals surface area (Å²) in [7, 11) is 0. The number of aliphatic hydroxyl groups excluding tert-OH is 1. The smallest absolute Gasteiger partial charge is 0.0591 e. The highest BCUT2D eigenvalue weighted by molar-refractivity contribution is 5.06. The molecular weight excluding hydrogens is 332 g/mol. The highest BCUT2D eigenvalue weighted by atomic mass is 16.3. The van der Waals surface area contributed by atoms with Crippen LogP contribution in [-0.4, -0.2) is 21.9 Å². The van der Waals surface area contributed by atoms with Crippen molar-refractivity contribution in [3.63, 3.8) is 0 Å². The van der Waals surface area contributed by atoms with Crippen molar-refractivity contribution in [2.75, 3.05) is 0 Å². The number of hydrogen-bond donors (Lipinski definition) is 2. The summed E-state index contributed by atoms with van der Waals surface area (Å²) in [6, 6.07) is 0. The zero-order valence-corrected chi connectivity index (χ0v) is 18.3. The molecule has 156 valence electrons. The first-order valence-electron chi connectivity index (χ1n) is 12.1. The fraction of sp³-hybridized carbons (Fsp3) is 1.00. The molecule has 4 aliphatic rings. The van der Waals surface area contributed by atoms with E-state index in [0.29, 0.717) is 5.41 Å². The van der Waals surface area contributed by atoms with E-state index < -0.39 is 5.60 Å². The van der Waals surface area contributed by atoms with Gasteiger partial charge in [-0.3, -0.25) is 0 Å². The number of fused-ring (bicyclic) bond motifs is 5. The zero-order valence-electron chi connectivity index (χ0n) is 18.3. The molecule has 0 aliphatic heterocycles. The second kappa shape index (κ2) is 7.31. The first-order valence-corrected chi connectivity index (χ1v) is 12.1. The lowest BCUT2D eigenvalue weighted by atomic mass is 9.49. The molecule has 0 aromatic heterocycles. The van der Waals surface area contributed by atoms with Crippen LogP contribution in [0.15, 0.2) is 0 Å². The largest absolute Gasteiger partial charge is 0.393 e. The van der Waals surface area contributed by atoms with Gasteiger partial charge in [0.05, 0.1) is 11.7 Å². The van der Waals surface area contributed by atoms with Crippen molar-refractivity contribution in [2.45, 2.75) is 110 Å². The Kier molecular flexibility index (Phi) is 5.47. The standard InChI is InChI=1S/C25H44O2/c1-16(11-13-24(2,3)27)22-9-10-23-21-7-5-17-15-18(26)6-8-19(17)20(21)12-14-25(22,23)4/h16-23,26-27H,5-15H2,1-4H3/t16-,17-,18+,19+,20?,21?,22-,23?,25-/m1/s1. The summed E-state index contributed by atoms with van der Waals surface area (Å²) >= 11 is 0. The van der Waals surface area contributed by atoms with Gasteiger partial charge in [0, 0.05) is 0 Å². The Bertz CT molecular complexity index is 523. The van der Waals surface area contributed by atoms with Crippen molar-refractivity contribution in [1.82, 2.24) is 0 Å². The predicted molar refractivity (Wildman–Crippen MR) is 111 cm³/mol. The Morgan fingerprint density at radius 2 is 1.70 bits per heavy atom. The van der Waals surface area contributed by atoms with Crippen LogP contribution in [0.3, 0.4) is 0 Å². The van der Waals surface area contributed by atoms with Gasteiger partial charge in [-0.25, -0.2) is 0 Å². The van der Waals surface area contributed by atoms with Crippen molar-refractivity contribution in [3.05, 3.63) is 0 Å². The second-order valence-corrected chi connectivity index (χ2v) is 12.0. The zero-order chi connectivity index (χ0) is 19.4. The summed E-state index contributed by atoms with van der Waals surface area (Å²) in [5.41, 5.74) is 0.0238. The van der Waals surface area contributed by atoms with Crippen molar-refractivity contribution >= 4 is 0 Å². The molecule has 9 atom stereocenters. The maximum atomic E-state index is 10.2. The van der Waals surface area contributed by atoms with Gasteiger partial charge in [-0.2, -0.15) is 0 Å². The molecule has 27 heavy (non-hydrogen) atoms. The summed E-state index contributed by atoms with van der Waals surface area (Å²) in [6.45, 7) is 9.03. The van der Waals surface area contributed by atoms with Gasteiger partial charge in [-0.05, 0) is 131 Å². The Balaban J connectivity index is 1.45. The molecule has 2 N–H and O–H groups in total. The van der Waals surface area contributed by atoms with Crippen LogP contribution >= 0.6 is 0 Å². The lowest BCUT2D eigenvalue weighted by molar-refractivity contribution is -0.0828. The Labute approximate surface area is 167 Å². The molecule has 0 aromatic rings. The first-order chi connectivity index (χ1) is 12.7. The molecule has 0 radical (unpaired) electrons. The van der Waals surface area contributed by atoms with E-state index >= 15 is 0 Å². The molecule has 2 nitrogen and oxygen atoms in total. The minimum atomic E-state index is -0.519. The van der Waals surface area contributed by atoms with E-state index in [0.717, 1.165) is 60.7 Å². The van der Waals surface area contributed by atoms with E-state index in [1.165, 1.54) is 51.4 Å². The van der Waals surface area contributed by atoms with Gasteiger partial charge in [-0.1, -0.05) is 13.8 Å². The number of rotatable bonds is 4. The van der Waals surface area contributed by atoms with Crippen molar-refractivity contribution in [2.24, 2.45) is 46.8 Å². The molecule has 0 aromatic carbocycles. The molecule has 0 bridgehead atoms. The van der Waals surface area contributed by atoms with Gasteiger partial charge < -0.3 is 10.2 Å². The van der Waals surface area contributed by atoms with E-state index in [4.69, 9.17) is 0 Å². The van der Waals surface area contributed by atoms with Gasteiger partial charge >= 0.3 is 0 Å². The minimum absolute atomic E-state index is 0.0101. The third-order valence-electron chi connectivity index (χ3n) is 9.90. The Morgan fingerprint density at radius 1 is 0.963 bits per heavy atom. The molecule has 4 saturated carbocycles. The highest BCUT2D eigenvalue weighted by Crippen LogP contribution is 2.65. The highest BCUT2D eigenvalue weighted by Gasteiger charge is 2.57. The molecule has 0 amide bonds. The maximum Gasteiger partial charge on any atom is 0.0591 e. The fourth-order valence-corrected chi connectivity index (χ4v) is 8.59. The van der Waals surface area contributed by atoms with Crippen LogP contribution in [0.5, 0.6) is 0 Å². The second-order valence-electron chi connectivity index (χ2n) is 12.0. The van der Waals surface area contributed by atoms with Crippen LogP contribution < -0.4 is 0 Å². The van der Waals surface area contributed by atoms with Crippen LogP contribution in [0.2, 0.25) is 0 Å². The number of aliphatic hydroxyl groups is 2. The average Bonchev–Trinajstić information content (AvgIpc) is 2.96. The molecule has 4 fully saturated rings. The molecule has 0 spiro atoms. The summed E-state index contributed by atoms with van der Waals surface area (Å²) in [5, 5.41) is 20.3. The molecule has 0 heterocycles. The third kappa shape index (κ3) is 3.75. The summed E-state index contributed by atoms with van der Waals surface area (Å²) in [4.78, 5) is 0. The SMILES string of the molecule is C[C@H](CCC(C)(C)O)[C@H]1CCC2C3CC[C@@H]4C[C@@H](O)CC[C@@H]4C3CC[C@@]21C. The van der Waals surface area contributed by atoms with Gasteiger partial charge in [0.1, 0.15) is 0 Å². The monoisotopic (exact) mass is 376 g/mol. The van der Waals surface area contributed by atoms with Crippen molar-refractivity contribution < 1.29 is 10.2 Å². The molecule has 3 unspecified atom stereocenters. The normalized spacial score (nSPS) is 48.4. The van der Waals surface area contributed by atoms with E-state index in [-0.39, 0.29) is 6.10 Å². The molecule has 4 aliphatic carbocycles. The minimum Gasteiger partial charge on any atom is -0.393 e. The van der Waals surface area contributed by atoms with Crippen molar-refractivity contribution in [1.29, 1.82) is 0 Å². The first kappa shape index (κ1) is 20.2. The Morgan fingerprint density at radius 3 is 2.44 bits per heavy atom. The van der Waals surface area contributed by atoms with Gasteiger partial charge in [0.15, 0.2) is 0 Å². The predicted octanol–water partition coefficient (Wildman–Crippen LogP) is 5.80. The van der Waals surface area contributed by atoms with E-state index in [2.05, 4.69) is 13.8 Å². The molecule has 2 heteroatoms. The van der Waals surface area contributed by atoms with Crippen LogP contribution in [0.1, 0.15) is 98.3 Å². The topological polar surface area (TPSA) is 40.5 Å². The fourth-order valence-electron chi connectivity index (χ4n) is 8.59. The lowest BCUT2D eigenvalue weighted by Gasteiger charge is -2.56. The number of hydrogen-bond acceptors (Lipinski definition) is 2. The third-order valence-corrected chi connectivity index (χ3v) is 9.90. The van der Waals surface area contributed by atoms with Gasteiger partial charge in [-0.15, -0.1) is 0 Å². The maximum absolute atomic E-state index is 10.2. The van der Waals surface area contributed by atoms with E-state index in [1.54, 1.807) is 0 Å². The summed E-state index contributed by atoms with van der Waals surface area (Å²) in [6.07, 6.45) is 14.1. The quantitative estimate of drug-likeness (QED) is 0.650. The van der Waals surface area contributed by atoms with Crippen LogP contribution in [0, 0.1) is 46.8 Å². The van der Waals surface area contributed by atoms with Crippen LogP contribution in [0.25, 0.3) is 0 Å². The lowest BCUT2D eigenvalue weighted by Crippen LogP contribution is -2.49. The molecular formula is C25H44O2.